The summed E-state index contributed by atoms with van der Waals surface area (Å²) < 4.78 is 1.29. The lowest BCUT2D eigenvalue weighted by atomic mass is 10.1. The van der Waals surface area contributed by atoms with E-state index in [9.17, 15) is 0 Å². The zero-order chi connectivity index (χ0) is 14.5. The Balaban J connectivity index is 1.85. The molecule has 0 aliphatic carbocycles. The third-order valence-electron chi connectivity index (χ3n) is 3.88. The molecule has 0 saturated carbocycles. The van der Waals surface area contributed by atoms with Crippen LogP contribution in [0, 0.1) is 3.57 Å². The van der Waals surface area contributed by atoms with Crippen molar-refractivity contribution in [3.05, 3.63) is 33.4 Å². The third kappa shape index (κ3) is 4.38. The summed E-state index contributed by atoms with van der Waals surface area (Å²) in [4.78, 5) is 5.57. The van der Waals surface area contributed by atoms with Gasteiger partial charge in [0.25, 0.3) is 0 Å². The fourth-order valence-corrected chi connectivity index (χ4v) is 3.40. The van der Waals surface area contributed by atoms with E-state index in [0.717, 1.165) is 39.1 Å². The first kappa shape index (κ1) is 16.1. The fourth-order valence-electron chi connectivity index (χ4n) is 2.72. The molecule has 5 heteroatoms. The van der Waals surface area contributed by atoms with Crippen LogP contribution in [0.2, 0.25) is 0 Å². The molecule has 1 unspecified atom stereocenters. The van der Waals surface area contributed by atoms with Crippen LogP contribution in [-0.4, -0.2) is 47.0 Å². The second-order valence-electron chi connectivity index (χ2n) is 5.26. The van der Waals surface area contributed by atoms with Crippen LogP contribution in [-0.2, 0) is 6.54 Å². The molecule has 1 aromatic carbocycles. The molecule has 1 atom stereocenters. The molecule has 0 bridgehead atoms. The standard InChI is InChI=1S/C15H22IN3S/c1-2-14(15(17)20)19-9-7-18(8-10-19)11-12-3-5-13(16)6-4-12/h3-6,14H,2,7-11H2,1H3,(H2,17,20). The summed E-state index contributed by atoms with van der Waals surface area (Å²) in [6.45, 7) is 7.48. The van der Waals surface area contributed by atoms with Crippen molar-refractivity contribution in [1.29, 1.82) is 0 Å². The molecule has 1 aliphatic heterocycles. The molecule has 0 spiro atoms. The zero-order valence-corrected chi connectivity index (χ0v) is 14.9. The van der Waals surface area contributed by atoms with Crippen molar-refractivity contribution in [2.24, 2.45) is 5.73 Å². The van der Waals surface area contributed by atoms with Crippen LogP contribution in [0.1, 0.15) is 18.9 Å². The van der Waals surface area contributed by atoms with E-state index in [2.05, 4.69) is 63.6 Å². The van der Waals surface area contributed by atoms with E-state index in [1.165, 1.54) is 9.13 Å². The van der Waals surface area contributed by atoms with E-state index in [4.69, 9.17) is 18.0 Å². The van der Waals surface area contributed by atoms with Crippen molar-refractivity contribution in [3.63, 3.8) is 0 Å². The van der Waals surface area contributed by atoms with E-state index in [1.807, 2.05) is 0 Å². The number of halogens is 1. The van der Waals surface area contributed by atoms with Crippen LogP contribution < -0.4 is 5.73 Å². The van der Waals surface area contributed by atoms with Gasteiger partial charge in [-0.05, 0) is 46.7 Å². The van der Waals surface area contributed by atoms with Crippen molar-refractivity contribution < 1.29 is 0 Å². The minimum Gasteiger partial charge on any atom is -0.392 e. The van der Waals surface area contributed by atoms with Gasteiger partial charge in [-0.15, -0.1) is 0 Å². The Morgan fingerprint density at radius 3 is 2.35 bits per heavy atom. The zero-order valence-electron chi connectivity index (χ0n) is 11.9. The Morgan fingerprint density at radius 1 is 1.25 bits per heavy atom. The predicted octanol–water partition coefficient (Wildman–Crippen LogP) is 2.47. The van der Waals surface area contributed by atoms with Gasteiger partial charge in [-0.3, -0.25) is 9.80 Å². The van der Waals surface area contributed by atoms with Crippen LogP contribution in [0.25, 0.3) is 0 Å². The number of nitrogens with zero attached hydrogens (tertiary/aromatic N) is 2. The van der Waals surface area contributed by atoms with Crippen molar-refractivity contribution in [1.82, 2.24) is 9.80 Å². The molecule has 1 heterocycles. The highest BCUT2D eigenvalue weighted by atomic mass is 127. The van der Waals surface area contributed by atoms with Gasteiger partial charge in [-0.25, -0.2) is 0 Å². The lowest BCUT2D eigenvalue weighted by molar-refractivity contribution is 0.112. The molecular formula is C15H22IN3S. The third-order valence-corrected chi connectivity index (χ3v) is 4.87. The summed E-state index contributed by atoms with van der Waals surface area (Å²) in [5.41, 5.74) is 7.22. The smallest absolute Gasteiger partial charge is 0.0901 e. The van der Waals surface area contributed by atoms with E-state index in [-0.39, 0.29) is 6.04 Å². The van der Waals surface area contributed by atoms with Crippen molar-refractivity contribution in [3.8, 4) is 0 Å². The highest BCUT2D eigenvalue weighted by Crippen LogP contribution is 2.13. The lowest BCUT2D eigenvalue weighted by Gasteiger charge is -2.38. The molecule has 3 nitrogen and oxygen atoms in total. The molecular weight excluding hydrogens is 381 g/mol. The van der Waals surface area contributed by atoms with Gasteiger partial charge in [-0.1, -0.05) is 31.3 Å². The topological polar surface area (TPSA) is 32.5 Å². The SMILES string of the molecule is CCC(C(N)=S)N1CCN(Cc2ccc(I)cc2)CC1. The summed E-state index contributed by atoms with van der Waals surface area (Å²) in [7, 11) is 0. The Morgan fingerprint density at radius 2 is 1.85 bits per heavy atom. The number of nitrogens with two attached hydrogens (primary N) is 1. The molecule has 2 N–H and O–H groups in total. The van der Waals surface area contributed by atoms with Gasteiger partial charge in [0.15, 0.2) is 0 Å². The summed E-state index contributed by atoms with van der Waals surface area (Å²) in [5, 5.41) is 0. The fraction of sp³-hybridized carbons (Fsp3) is 0.533. The average molecular weight is 403 g/mol. The number of benzene rings is 1. The van der Waals surface area contributed by atoms with Gasteiger partial charge in [0.05, 0.1) is 11.0 Å². The van der Waals surface area contributed by atoms with Crippen LogP contribution in [0.15, 0.2) is 24.3 Å². The van der Waals surface area contributed by atoms with Crippen molar-refractivity contribution in [2.45, 2.75) is 25.9 Å². The molecule has 20 heavy (non-hydrogen) atoms. The molecule has 110 valence electrons. The Kier molecular flexibility index (Phi) is 6.20. The van der Waals surface area contributed by atoms with E-state index < -0.39 is 0 Å². The monoisotopic (exact) mass is 403 g/mol. The number of hydrogen-bond donors (Lipinski definition) is 1. The minimum atomic E-state index is 0.269. The Bertz CT molecular complexity index is 441. The molecule has 0 radical (unpaired) electrons. The van der Waals surface area contributed by atoms with Crippen LogP contribution in [0.5, 0.6) is 0 Å². The lowest BCUT2D eigenvalue weighted by Crippen LogP contribution is -2.53. The molecule has 2 rings (SSSR count). The van der Waals surface area contributed by atoms with Crippen LogP contribution in [0.3, 0.4) is 0 Å². The molecule has 0 aromatic heterocycles. The normalized spacial score (nSPS) is 18.9. The summed E-state index contributed by atoms with van der Waals surface area (Å²) in [6.07, 6.45) is 1.01. The number of thiocarbonyl (C=S) groups is 1. The van der Waals surface area contributed by atoms with Gasteiger partial charge in [0, 0.05) is 36.3 Å². The van der Waals surface area contributed by atoms with Crippen LogP contribution in [0.4, 0.5) is 0 Å². The first-order valence-corrected chi connectivity index (χ1v) is 8.59. The van der Waals surface area contributed by atoms with Crippen LogP contribution >= 0.6 is 34.8 Å². The summed E-state index contributed by atoms with van der Waals surface area (Å²) in [5.74, 6) is 0. The first-order valence-electron chi connectivity index (χ1n) is 7.10. The van der Waals surface area contributed by atoms with E-state index >= 15 is 0 Å². The van der Waals surface area contributed by atoms with E-state index in [1.54, 1.807) is 0 Å². The van der Waals surface area contributed by atoms with Gasteiger partial charge >= 0.3 is 0 Å². The molecule has 1 aromatic rings. The molecule has 1 fully saturated rings. The highest BCUT2D eigenvalue weighted by molar-refractivity contribution is 14.1. The largest absolute Gasteiger partial charge is 0.392 e. The molecule has 1 aliphatic rings. The quantitative estimate of drug-likeness (QED) is 0.605. The van der Waals surface area contributed by atoms with Gasteiger partial charge in [0.2, 0.25) is 0 Å². The second kappa shape index (κ2) is 7.68. The van der Waals surface area contributed by atoms with E-state index in [0.29, 0.717) is 4.99 Å². The Labute approximate surface area is 140 Å². The van der Waals surface area contributed by atoms with Gasteiger partial charge in [-0.2, -0.15) is 0 Å². The number of rotatable bonds is 5. The maximum absolute atomic E-state index is 5.83. The average Bonchev–Trinajstić information content (AvgIpc) is 2.44. The summed E-state index contributed by atoms with van der Waals surface area (Å²) >= 11 is 7.51. The number of piperazine rings is 1. The Hall–Kier alpha value is -0.240. The predicted molar refractivity (Wildman–Crippen MR) is 96.9 cm³/mol. The maximum Gasteiger partial charge on any atom is 0.0901 e. The van der Waals surface area contributed by atoms with Crippen molar-refractivity contribution in [2.75, 3.05) is 26.2 Å². The molecule has 0 amide bonds. The minimum absolute atomic E-state index is 0.269. The second-order valence-corrected chi connectivity index (χ2v) is 6.98. The van der Waals surface area contributed by atoms with Gasteiger partial charge in [0.1, 0.15) is 0 Å². The highest BCUT2D eigenvalue weighted by Gasteiger charge is 2.24. The first-order chi connectivity index (χ1) is 9.60. The maximum atomic E-state index is 5.83. The van der Waals surface area contributed by atoms with Crippen molar-refractivity contribution >= 4 is 39.8 Å². The number of hydrogen-bond acceptors (Lipinski definition) is 3. The molecule has 1 saturated heterocycles. The van der Waals surface area contributed by atoms with Gasteiger partial charge < -0.3 is 5.73 Å². The summed E-state index contributed by atoms with van der Waals surface area (Å²) in [6, 6.07) is 9.05.